The number of Topliss-reactive ketones (excluding diaryl/α,β-unsaturated/α-hetero) is 1. The standard InChI is InChI=1S/C22H25NO4S/c1-14-8-9-20(12-15(14)2)28-11-10-21(25)27-17(4)22(26)23-19-7-5-6-18(13-19)16(3)24/h5-9,12-13,17H,10-11H2,1-4H3,(H,23,26)/t17-/m0/s1. The molecule has 1 N–H and O–H groups in total. The van der Waals surface area contributed by atoms with E-state index in [4.69, 9.17) is 4.74 Å². The average Bonchev–Trinajstić information content (AvgIpc) is 2.64. The Kier molecular flexibility index (Phi) is 7.81. The molecule has 1 atom stereocenters. The summed E-state index contributed by atoms with van der Waals surface area (Å²) in [5, 5.41) is 2.66. The maximum Gasteiger partial charge on any atom is 0.307 e. The smallest absolute Gasteiger partial charge is 0.307 e. The number of amides is 1. The normalized spacial score (nSPS) is 11.6. The highest BCUT2D eigenvalue weighted by Gasteiger charge is 2.18. The van der Waals surface area contributed by atoms with Gasteiger partial charge in [0.2, 0.25) is 0 Å². The number of thioether (sulfide) groups is 1. The van der Waals surface area contributed by atoms with Crippen molar-refractivity contribution in [3.05, 3.63) is 59.2 Å². The van der Waals surface area contributed by atoms with Crippen LogP contribution in [0.2, 0.25) is 0 Å². The third kappa shape index (κ3) is 6.53. The number of esters is 1. The number of hydrogen-bond donors (Lipinski definition) is 1. The number of rotatable bonds is 8. The highest BCUT2D eigenvalue weighted by molar-refractivity contribution is 7.99. The molecular formula is C22H25NO4S. The van der Waals surface area contributed by atoms with E-state index in [0.717, 1.165) is 4.90 Å². The third-order valence-corrected chi connectivity index (χ3v) is 5.26. The van der Waals surface area contributed by atoms with E-state index in [0.29, 0.717) is 17.0 Å². The number of carbonyl (C=O) groups excluding carboxylic acids is 3. The minimum Gasteiger partial charge on any atom is -0.453 e. The van der Waals surface area contributed by atoms with E-state index in [2.05, 4.69) is 31.3 Å². The van der Waals surface area contributed by atoms with Crippen molar-refractivity contribution in [3.8, 4) is 0 Å². The first-order valence-corrected chi connectivity index (χ1v) is 10.1. The number of benzene rings is 2. The third-order valence-electron chi connectivity index (χ3n) is 4.27. The Morgan fingerprint density at radius 1 is 1.07 bits per heavy atom. The van der Waals surface area contributed by atoms with Crippen molar-refractivity contribution < 1.29 is 19.1 Å². The molecule has 0 heterocycles. The molecule has 0 spiro atoms. The van der Waals surface area contributed by atoms with Crippen molar-refractivity contribution in [3.63, 3.8) is 0 Å². The lowest BCUT2D eigenvalue weighted by Gasteiger charge is -2.14. The Balaban J connectivity index is 1.79. The summed E-state index contributed by atoms with van der Waals surface area (Å²) in [6, 6.07) is 12.8. The van der Waals surface area contributed by atoms with Gasteiger partial charge in [0, 0.05) is 21.9 Å². The van der Waals surface area contributed by atoms with Crippen LogP contribution < -0.4 is 5.32 Å². The molecule has 2 aromatic carbocycles. The molecule has 0 aliphatic carbocycles. The molecule has 0 aliphatic heterocycles. The lowest BCUT2D eigenvalue weighted by atomic mass is 10.1. The Labute approximate surface area is 169 Å². The second kappa shape index (κ2) is 10.1. The summed E-state index contributed by atoms with van der Waals surface area (Å²) in [4.78, 5) is 36.7. The van der Waals surface area contributed by atoms with Crippen LogP contribution in [0.3, 0.4) is 0 Å². The second-order valence-electron chi connectivity index (χ2n) is 6.60. The molecule has 2 rings (SSSR count). The van der Waals surface area contributed by atoms with Crippen LogP contribution in [-0.2, 0) is 14.3 Å². The molecule has 0 fully saturated rings. The first-order valence-electron chi connectivity index (χ1n) is 9.07. The molecule has 1 amide bonds. The van der Waals surface area contributed by atoms with Crippen molar-refractivity contribution >= 4 is 35.1 Å². The summed E-state index contributed by atoms with van der Waals surface area (Å²) in [6.45, 7) is 7.10. The zero-order valence-electron chi connectivity index (χ0n) is 16.6. The molecular weight excluding hydrogens is 374 g/mol. The summed E-state index contributed by atoms with van der Waals surface area (Å²) < 4.78 is 5.21. The van der Waals surface area contributed by atoms with Gasteiger partial charge in [0.25, 0.3) is 5.91 Å². The van der Waals surface area contributed by atoms with Crippen LogP contribution in [0, 0.1) is 13.8 Å². The second-order valence-corrected chi connectivity index (χ2v) is 7.77. The van der Waals surface area contributed by atoms with Crippen LogP contribution in [0.5, 0.6) is 0 Å². The van der Waals surface area contributed by atoms with Gasteiger partial charge in [-0.1, -0.05) is 18.2 Å². The summed E-state index contributed by atoms with van der Waals surface area (Å²) in [7, 11) is 0. The fourth-order valence-corrected chi connectivity index (χ4v) is 3.35. The fraction of sp³-hybridized carbons (Fsp3) is 0.318. The summed E-state index contributed by atoms with van der Waals surface area (Å²) in [6.07, 6.45) is -0.699. The lowest BCUT2D eigenvalue weighted by molar-refractivity contribution is -0.152. The van der Waals surface area contributed by atoms with Gasteiger partial charge in [-0.25, -0.2) is 0 Å². The van der Waals surface area contributed by atoms with Crippen molar-refractivity contribution in [1.82, 2.24) is 0 Å². The van der Waals surface area contributed by atoms with Crippen LogP contribution in [0.25, 0.3) is 0 Å². The number of anilines is 1. The van der Waals surface area contributed by atoms with Gasteiger partial charge in [0.15, 0.2) is 11.9 Å². The molecule has 6 heteroatoms. The van der Waals surface area contributed by atoms with Gasteiger partial charge in [-0.3, -0.25) is 14.4 Å². The Morgan fingerprint density at radius 2 is 1.82 bits per heavy atom. The first-order chi connectivity index (χ1) is 13.3. The molecule has 0 aliphatic rings. The maximum atomic E-state index is 12.2. The minimum atomic E-state index is -0.917. The predicted molar refractivity (Wildman–Crippen MR) is 112 cm³/mol. The van der Waals surface area contributed by atoms with E-state index in [9.17, 15) is 14.4 Å². The maximum absolute atomic E-state index is 12.2. The molecule has 0 bridgehead atoms. The van der Waals surface area contributed by atoms with Crippen LogP contribution >= 0.6 is 11.8 Å². The van der Waals surface area contributed by atoms with Crippen molar-refractivity contribution in [2.75, 3.05) is 11.1 Å². The van der Waals surface area contributed by atoms with Gasteiger partial charge in [0.1, 0.15) is 0 Å². The van der Waals surface area contributed by atoms with E-state index >= 15 is 0 Å². The van der Waals surface area contributed by atoms with Crippen LogP contribution in [-0.4, -0.2) is 29.5 Å². The Morgan fingerprint density at radius 3 is 2.50 bits per heavy atom. The van der Waals surface area contributed by atoms with E-state index < -0.39 is 18.0 Å². The molecule has 0 aromatic heterocycles. The number of carbonyl (C=O) groups is 3. The van der Waals surface area contributed by atoms with Crippen molar-refractivity contribution in [1.29, 1.82) is 0 Å². The van der Waals surface area contributed by atoms with Crippen LogP contribution in [0.1, 0.15) is 41.8 Å². The monoisotopic (exact) mass is 399 g/mol. The number of ether oxygens (including phenoxy) is 1. The Hall–Kier alpha value is -2.60. The minimum absolute atomic E-state index is 0.0863. The topological polar surface area (TPSA) is 72.5 Å². The number of hydrogen-bond acceptors (Lipinski definition) is 5. The number of ketones is 1. The highest BCUT2D eigenvalue weighted by atomic mass is 32.2. The highest BCUT2D eigenvalue weighted by Crippen LogP contribution is 2.22. The molecule has 0 radical (unpaired) electrons. The van der Waals surface area contributed by atoms with Gasteiger partial charge >= 0.3 is 5.97 Å². The summed E-state index contributed by atoms with van der Waals surface area (Å²) >= 11 is 1.58. The van der Waals surface area contributed by atoms with Gasteiger partial charge in [-0.2, -0.15) is 0 Å². The summed E-state index contributed by atoms with van der Waals surface area (Å²) in [5.41, 5.74) is 3.45. The molecule has 5 nitrogen and oxygen atoms in total. The SMILES string of the molecule is CC(=O)c1cccc(NC(=O)[C@H](C)OC(=O)CCSc2ccc(C)c(C)c2)c1. The van der Waals surface area contributed by atoms with E-state index in [1.54, 1.807) is 36.0 Å². The van der Waals surface area contributed by atoms with Gasteiger partial charge < -0.3 is 10.1 Å². The predicted octanol–water partition coefficient (Wildman–Crippen LogP) is 4.56. The van der Waals surface area contributed by atoms with Crippen LogP contribution in [0.4, 0.5) is 5.69 Å². The quantitative estimate of drug-likeness (QED) is 0.400. The zero-order chi connectivity index (χ0) is 20.7. The molecule has 0 saturated carbocycles. The molecule has 148 valence electrons. The van der Waals surface area contributed by atoms with Crippen molar-refractivity contribution in [2.24, 2.45) is 0 Å². The van der Waals surface area contributed by atoms with Gasteiger partial charge in [-0.05, 0) is 63.1 Å². The largest absolute Gasteiger partial charge is 0.453 e. The molecule has 28 heavy (non-hydrogen) atoms. The molecule has 2 aromatic rings. The summed E-state index contributed by atoms with van der Waals surface area (Å²) in [5.74, 6) is -0.361. The van der Waals surface area contributed by atoms with Gasteiger partial charge in [0.05, 0.1) is 6.42 Å². The number of aryl methyl sites for hydroxylation is 2. The van der Waals surface area contributed by atoms with E-state index in [1.165, 1.54) is 25.0 Å². The van der Waals surface area contributed by atoms with E-state index in [1.807, 2.05) is 6.07 Å². The zero-order valence-corrected chi connectivity index (χ0v) is 17.4. The lowest BCUT2D eigenvalue weighted by Crippen LogP contribution is -2.30. The fourth-order valence-electron chi connectivity index (χ4n) is 2.43. The van der Waals surface area contributed by atoms with E-state index in [-0.39, 0.29) is 12.2 Å². The molecule has 0 unspecified atom stereocenters. The Bertz CT molecular complexity index is 879. The average molecular weight is 400 g/mol. The van der Waals surface area contributed by atoms with Crippen LogP contribution in [0.15, 0.2) is 47.4 Å². The van der Waals surface area contributed by atoms with Gasteiger partial charge in [-0.15, -0.1) is 11.8 Å². The first kappa shape index (κ1) is 21.7. The number of nitrogens with one attached hydrogen (secondary N) is 1. The molecule has 0 saturated heterocycles. The van der Waals surface area contributed by atoms with Crippen molar-refractivity contribution in [2.45, 2.75) is 45.1 Å².